The molecule has 0 saturated carbocycles. The Bertz CT molecular complexity index is 956. The summed E-state index contributed by atoms with van der Waals surface area (Å²) in [6.07, 6.45) is 7.08. The number of hydrogen-bond acceptors (Lipinski definition) is 4. The van der Waals surface area contributed by atoms with Gasteiger partial charge in [0.05, 0.1) is 11.3 Å². The van der Waals surface area contributed by atoms with Crippen molar-refractivity contribution in [3.63, 3.8) is 0 Å². The summed E-state index contributed by atoms with van der Waals surface area (Å²) < 4.78 is 49.8. The van der Waals surface area contributed by atoms with Gasteiger partial charge in [-0.05, 0) is 39.0 Å². The van der Waals surface area contributed by atoms with Crippen molar-refractivity contribution in [3.8, 4) is 23.6 Å². The van der Waals surface area contributed by atoms with Gasteiger partial charge in [0.1, 0.15) is 23.9 Å². The zero-order valence-electron chi connectivity index (χ0n) is 15.8. The maximum absolute atomic E-state index is 15.1. The molecule has 4 rings (SSSR count). The average Bonchev–Trinajstić information content (AvgIpc) is 2.68. The lowest BCUT2D eigenvalue weighted by Gasteiger charge is -2.41. The van der Waals surface area contributed by atoms with E-state index in [4.69, 9.17) is 16.9 Å². The summed E-state index contributed by atoms with van der Waals surface area (Å²) in [5.41, 5.74) is 3.60. The number of terminal acetylenes is 1. The molecule has 2 N–H and O–H groups in total. The first-order valence-corrected chi connectivity index (χ1v) is 8.61. The summed E-state index contributed by atoms with van der Waals surface area (Å²) in [7, 11) is 0. The molecule has 1 aliphatic carbocycles. The van der Waals surface area contributed by atoms with Gasteiger partial charge in [-0.3, -0.25) is 9.98 Å². The predicted octanol–water partition coefficient (Wildman–Crippen LogP) is 3.89. The number of aliphatic imine (C=N–C) groups is 1. The summed E-state index contributed by atoms with van der Waals surface area (Å²) in [4.78, 5) is 7.78. The maximum Gasteiger partial charge on any atom is 0.304 e. The van der Waals surface area contributed by atoms with Gasteiger partial charge in [0.2, 0.25) is 0 Å². The molecule has 0 saturated heterocycles. The van der Waals surface area contributed by atoms with Crippen LogP contribution in [0.25, 0.3) is 11.3 Å². The molecule has 0 aromatic heterocycles. The Morgan fingerprint density at radius 3 is 2.32 bits per heavy atom. The van der Waals surface area contributed by atoms with Gasteiger partial charge in [0.15, 0.2) is 5.54 Å². The van der Waals surface area contributed by atoms with Gasteiger partial charge in [0, 0.05) is 17.3 Å². The minimum Gasteiger partial charge on any atom is -0.385 e. The van der Waals surface area contributed by atoms with E-state index < -0.39 is 22.9 Å². The minimum atomic E-state index is -3.52. The third-order valence-corrected chi connectivity index (χ3v) is 5.05. The molecule has 1 aromatic carbocycles. The summed E-state index contributed by atoms with van der Waals surface area (Å²) in [6, 6.07) is 8.06. The van der Waals surface area contributed by atoms with Crippen LogP contribution >= 0.6 is 0 Å². The Kier molecular flexibility index (Phi) is 4.72. The van der Waals surface area contributed by atoms with Crippen LogP contribution in [0, 0.1) is 18.2 Å². The van der Waals surface area contributed by atoms with Gasteiger partial charge in [0.25, 0.3) is 0 Å². The second-order valence-electron chi connectivity index (χ2n) is 7.29. The van der Waals surface area contributed by atoms with Crippen LogP contribution in [0.15, 0.2) is 41.5 Å². The van der Waals surface area contributed by atoms with Gasteiger partial charge in [-0.1, -0.05) is 18.1 Å². The molecule has 1 aromatic rings. The Labute approximate surface area is 161 Å². The highest BCUT2D eigenvalue weighted by molar-refractivity contribution is 5.82. The van der Waals surface area contributed by atoms with Gasteiger partial charge in [-0.2, -0.15) is 0 Å². The van der Waals surface area contributed by atoms with E-state index in [1.165, 1.54) is 43.3 Å². The molecule has 0 fully saturated rings. The fourth-order valence-electron chi connectivity index (χ4n) is 3.12. The number of aromatic nitrogens is 1. The standard InChI is InChI=1S/C16H17F3N2O.C5H3N/c1-5-10-7-6-8-11(13(10)17)15(4)16(18,19)14(2,3)22-9-12(20)21-15;1-2-5-4(1)3-6-5/h1,6-8H,9H2,2-4H3,(H2,20,21);1-3H. The van der Waals surface area contributed by atoms with E-state index in [-0.39, 0.29) is 23.6 Å². The molecule has 146 valence electrons. The van der Waals surface area contributed by atoms with Gasteiger partial charge < -0.3 is 10.5 Å². The predicted molar refractivity (Wildman–Crippen MR) is 102 cm³/mol. The monoisotopic (exact) mass is 387 g/mol. The number of hydrogen-bond donors (Lipinski definition) is 1. The van der Waals surface area contributed by atoms with Crippen molar-refractivity contribution in [2.75, 3.05) is 6.61 Å². The number of amidine groups is 1. The number of alkyl halides is 2. The Balaban J connectivity index is 0.000000311. The third-order valence-electron chi connectivity index (χ3n) is 5.05. The SMILES string of the molecule is C#Cc1cccc(C2(C)N=C(N)COC(C)(C)C2(F)F)c1F.c1cc2ncc1-2. The lowest BCUT2D eigenvalue weighted by atomic mass is 9.77. The molecule has 0 radical (unpaired) electrons. The molecular weight excluding hydrogens is 367 g/mol. The molecule has 2 heterocycles. The van der Waals surface area contributed by atoms with Crippen molar-refractivity contribution in [3.05, 3.63) is 53.5 Å². The largest absolute Gasteiger partial charge is 0.385 e. The van der Waals surface area contributed by atoms with Crippen LogP contribution in [0.2, 0.25) is 0 Å². The highest BCUT2D eigenvalue weighted by Crippen LogP contribution is 2.50. The number of pyridine rings is 1. The number of ether oxygens (including phenoxy) is 1. The van der Waals surface area contributed by atoms with Crippen molar-refractivity contribution >= 4 is 5.84 Å². The third kappa shape index (κ3) is 2.94. The molecule has 2 aliphatic heterocycles. The molecule has 7 heteroatoms. The smallest absolute Gasteiger partial charge is 0.304 e. The zero-order chi connectivity index (χ0) is 20.7. The first-order valence-electron chi connectivity index (χ1n) is 8.61. The van der Waals surface area contributed by atoms with Crippen molar-refractivity contribution in [1.82, 2.24) is 4.98 Å². The van der Waals surface area contributed by atoms with E-state index in [9.17, 15) is 4.39 Å². The van der Waals surface area contributed by atoms with Crippen molar-refractivity contribution in [2.24, 2.45) is 10.7 Å². The molecule has 0 bridgehead atoms. The van der Waals surface area contributed by atoms with E-state index >= 15 is 8.78 Å². The average molecular weight is 387 g/mol. The number of rotatable bonds is 1. The minimum absolute atomic E-state index is 0.105. The van der Waals surface area contributed by atoms with Crippen LogP contribution < -0.4 is 5.73 Å². The van der Waals surface area contributed by atoms with Crippen LogP contribution in [0.4, 0.5) is 13.2 Å². The molecular formula is C21H20F3N3O. The number of fused-ring (bicyclic) bond motifs is 1. The number of benzene rings is 1. The van der Waals surface area contributed by atoms with E-state index in [1.807, 2.05) is 12.3 Å². The second-order valence-corrected chi connectivity index (χ2v) is 7.29. The normalized spacial score (nSPS) is 23.4. The van der Waals surface area contributed by atoms with E-state index in [0.717, 1.165) is 6.92 Å². The van der Waals surface area contributed by atoms with E-state index in [1.54, 1.807) is 0 Å². The highest BCUT2D eigenvalue weighted by Gasteiger charge is 2.63. The molecule has 4 nitrogen and oxygen atoms in total. The summed E-state index contributed by atoms with van der Waals surface area (Å²) in [5.74, 6) is -2.41. The lowest BCUT2D eigenvalue weighted by molar-refractivity contribution is -0.214. The highest BCUT2D eigenvalue weighted by atomic mass is 19.3. The summed E-state index contributed by atoms with van der Waals surface area (Å²) >= 11 is 0. The van der Waals surface area contributed by atoms with Gasteiger partial charge >= 0.3 is 5.92 Å². The summed E-state index contributed by atoms with van der Waals surface area (Å²) in [6.45, 7) is 3.33. The zero-order valence-corrected chi connectivity index (χ0v) is 15.8. The molecule has 1 atom stereocenters. The number of nitrogens with two attached hydrogens (primary N) is 1. The number of halogens is 3. The molecule has 0 spiro atoms. The second kappa shape index (κ2) is 6.64. The van der Waals surface area contributed by atoms with Crippen LogP contribution in [0.3, 0.4) is 0 Å². The van der Waals surface area contributed by atoms with Gasteiger partial charge in [-0.15, -0.1) is 6.42 Å². The fraction of sp³-hybridized carbons (Fsp3) is 0.333. The molecule has 1 unspecified atom stereocenters. The number of nitrogens with zero attached hydrogens (tertiary/aromatic N) is 2. The fourth-order valence-corrected chi connectivity index (χ4v) is 3.12. The van der Waals surface area contributed by atoms with Crippen LogP contribution in [0.5, 0.6) is 0 Å². The first kappa shape index (κ1) is 19.9. The molecule has 28 heavy (non-hydrogen) atoms. The van der Waals surface area contributed by atoms with Gasteiger partial charge in [-0.25, -0.2) is 13.2 Å². The first-order chi connectivity index (χ1) is 13.0. The van der Waals surface area contributed by atoms with E-state index in [2.05, 4.69) is 22.0 Å². The van der Waals surface area contributed by atoms with Crippen molar-refractivity contribution < 1.29 is 17.9 Å². The lowest BCUT2D eigenvalue weighted by Crippen LogP contribution is -2.56. The maximum atomic E-state index is 15.1. The molecule has 3 aliphatic rings. The van der Waals surface area contributed by atoms with E-state index in [0.29, 0.717) is 0 Å². The van der Waals surface area contributed by atoms with Crippen molar-refractivity contribution in [2.45, 2.75) is 37.8 Å². The molecule has 0 amide bonds. The van der Waals surface area contributed by atoms with Crippen LogP contribution in [-0.2, 0) is 10.3 Å². The van der Waals surface area contributed by atoms with Crippen LogP contribution in [-0.4, -0.2) is 29.0 Å². The Hall–Kier alpha value is -2.85. The Morgan fingerprint density at radius 1 is 1.18 bits per heavy atom. The summed E-state index contributed by atoms with van der Waals surface area (Å²) in [5, 5.41) is 0. The Morgan fingerprint density at radius 2 is 1.86 bits per heavy atom. The topological polar surface area (TPSA) is 60.5 Å². The van der Waals surface area contributed by atoms with Crippen molar-refractivity contribution in [1.29, 1.82) is 0 Å². The quantitative estimate of drug-likeness (QED) is 0.645. The van der Waals surface area contributed by atoms with Crippen LogP contribution in [0.1, 0.15) is 31.9 Å².